The van der Waals surface area contributed by atoms with E-state index in [1.54, 1.807) is 22.5 Å². The number of aromatic nitrogens is 2. The zero-order valence-electron chi connectivity index (χ0n) is 10.7. The quantitative estimate of drug-likeness (QED) is 0.743. The van der Waals surface area contributed by atoms with Gasteiger partial charge in [0.2, 0.25) is 0 Å². The maximum atomic E-state index is 12.0. The van der Waals surface area contributed by atoms with Crippen molar-refractivity contribution in [2.75, 3.05) is 18.8 Å². The molecule has 18 heavy (non-hydrogen) atoms. The molecule has 2 rings (SSSR count). The lowest BCUT2D eigenvalue weighted by molar-refractivity contribution is 0.350. The third kappa shape index (κ3) is 2.93. The van der Waals surface area contributed by atoms with Crippen LogP contribution in [0.15, 0.2) is 12.5 Å². The van der Waals surface area contributed by atoms with Crippen molar-refractivity contribution in [1.82, 2.24) is 14.4 Å². The van der Waals surface area contributed by atoms with Crippen LogP contribution in [0.2, 0.25) is 6.82 Å². The molecule has 0 aliphatic carbocycles. The molecule has 6 nitrogen and oxygen atoms in total. The van der Waals surface area contributed by atoms with E-state index in [1.165, 1.54) is 0 Å². The second-order valence-corrected chi connectivity index (χ2v) is 7.23. The van der Waals surface area contributed by atoms with E-state index in [9.17, 15) is 13.4 Å². The number of aryl methyl sites for hydroxylation is 1. The first-order valence-electron chi connectivity index (χ1n) is 6.00. The van der Waals surface area contributed by atoms with Crippen LogP contribution in [0.3, 0.4) is 0 Å². The number of rotatable bonds is 3. The van der Waals surface area contributed by atoms with Gasteiger partial charge in [0.05, 0.1) is 23.0 Å². The largest absolute Gasteiger partial charge is 0.437 e. The molecule has 8 heteroatoms. The zero-order chi connectivity index (χ0) is 13.3. The molecule has 1 aromatic rings. The third-order valence-corrected chi connectivity index (χ3v) is 5.38. The van der Waals surface area contributed by atoms with Gasteiger partial charge in [0, 0.05) is 25.8 Å². The summed E-state index contributed by atoms with van der Waals surface area (Å²) in [6, 6.07) is 0. The van der Waals surface area contributed by atoms with Crippen LogP contribution < -0.4 is 0 Å². The second-order valence-electron chi connectivity index (χ2n) is 4.83. The summed E-state index contributed by atoms with van der Waals surface area (Å²) in [5.74, 6) is 0.107. The average Bonchev–Trinajstić information content (AvgIpc) is 2.67. The fourth-order valence-electron chi connectivity index (χ4n) is 2.20. The van der Waals surface area contributed by atoms with Gasteiger partial charge < -0.3 is 14.4 Å². The molecule has 1 aliphatic rings. The summed E-state index contributed by atoms with van der Waals surface area (Å²) < 4.78 is 25.8. The van der Waals surface area contributed by atoms with Crippen molar-refractivity contribution in [2.45, 2.75) is 25.5 Å². The van der Waals surface area contributed by atoms with Crippen molar-refractivity contribution in [2.24, 2.45) is 0 Å². The van der Waals surface area contributed by atoms with Gasteiger partial charge in [-0.25, -0.2) is 13.4 Å². The van der Waals surface area contributed by atoms with Gasteiger partial charge in [0.25, 0.3) is 0 Å². The van der Waals surface area contributed by atoms with Gasteiger partial charge in [0.15, 0.2) is 9.84 Å². The monoisotopic (exact) mass is 271 g/mol. The highest BCUT2D eigenvalue weighted by Crippen LogP contribution is 2.15. The van der Waals surface area contributed by atoms with Crippen LogP contribution in [0, 0.1) is 6.92 Å². The molecule has 1 N–H and O–H groups in total. The predicted octanol–water partition coefficient (Wildman–Crippen LogP) is -0.599. The lowest BCUT2D eigenvalue weighted by atomic mass is 9.85. The van der Waals surface area contributed by atoms with Crippen molar-refractivity contribution >= 4 is 16.9 Å². The molecule has 1 atom stereocenters. The summed E-state index contributed by atoms with van der Waals surface area (Å²) in [5.41, 5.74) is 0.871. The van der Waals surface area contributed by atoms with E-state index >= 15 is 0 Å². The Morgan fingerprint density at radius 2 is 2.33 bits per heavy atom. The van der Waals surface area contributed by atoms with E-state index in [0.29, 0.717) is 19.6 Å². The van der Waals surface area contributed by atoms with Crippen LogP contribution in [-0.2, 0) is 16.4 Å². The highest BCUT2D eigenvalue weighted by Gasteiger charge is 2.35. The van der Waals surface area contributed by atoms with Crippen LogP contribution in [0.25, 0.3) is 0 Å². The molecule has 0 aromatic carbocycles. The second kappa shape index (κ2) is 5.03. The molecule has 100 valence electrons. The SMILES string of the molecule is CB(O)N1CCS(=O)(=O)[C@@H](Cn2cnc(C)c2)C1. The number of imidazole rings is 1. The Morgan fingerprint density at radius 1 is 1.61 bits per heavy atom. The van der Waals surface area contributed by atoms with Crippen molar-refractivity contribution in [1.29, 1.82) is 0 Å². The summed E-state index contributed by atoms with van der Waals surface area (Å²) >= 11 is 0. The number of sulfone groups is 1. The normalized spacial score (nSPS) is 24.1. The minimum absolute atomic E-state index is 0.107. The molecule has 1 saturated heterocycles. The summed E-state index contributed by atoms with van der Waals surface area (Å²) in [6.07, 6.45) is 3.48. The van der Waals surface area contributed by atoms with Crippen molar-refractivity contribution < 1.29 is 13.4 Å². The van der Waals surface area contributed by atoms with Crippen LogP contribution in [0.1, 0.15) is 5.69 Å². The maximum absolute atomic E-state index is 12.0. The van der Waals surface area contributed by atoms with Crippen molar-refractivity contribution in [3.8, 4) is 0 Å². The van der Waals surface area contributed by atoms with E-state index in [4.69, 9.17) is 0 Å². The summed E-state index contributed by atoms with van der Waals surface area (Å²) in [7, 11) is -3.68. The van der Waals surface area contributed by atoms with Gasteiger partial charge in [-0.1, -0.05) is 0 Å². The molecule has 0 unspecified atom stereocenters. The molecular weight excluding hydrogens is 253 g/mol. The van der Waals surface area contributed by atoms with Gasteiger partial charge in [0.1, 0.15) is 0 Å². The number of hydrogen-bond donors (Lipinski definition) is 1. The van der Waals surface area contributed by atoms with Crippen LogP contribution in [0.4, 0.5) is 0 Å². The highest BCUT2D eigenvalue weighted by molar-refractivity contribution is 7.92. The summed E-state index contributed by atoms with van der Waals surface area (Å²) in [4.78, 5) is 5.88. The van der Waals surface area contributed by atoms with Crippen LogP contribution >= 0.6 is 0 Å². The molecular formula is C10H18BN3O3S. The highest BCUT2D eigenvalue weighted by atomic mass is 32.2. The maximum Gasteiger partial charge on any atom is 0.376 e. The summed E-state index contributed by atoms with van der Waals surface area (Å²) in [6.45, 7) is 4.70. The Morgan fingerprint density at radius 3 is 2.89 bits per heavy atom. The lowest BCUT2D eigenvalue weighted by Gasteiger charge is -2.33. The molecule has 1 aromatic heterocycles. The lowest BCUT2D eigenvalue weighted by Crippen LogP contribution is -2.53. The predicted molar refractivity (Wildman–Crippen MR) is 69.9 cm³/mol. The minimum atomic E-state index is -3.08. The van der Waals surface area contributed by atoms with E-state index in [1.807, 2.05) is 13.1 Å². The van der Waals surface area contributed by atoms with Gasteiger partial charge in [-0.2, -0.15) is 0 Å². The van der Waals surface area contributed by atoms with Gasteiger partial charge in [-0.15, -0.1) is 0 Å². The zero-order valence-corrected chi connectivity index (χ0v) is 11.5. The molecule has 1 fully saturated rings. The minimum Gasteiger partial charge on any atom is -0.437 e. The Labute approximate surface area is 108 Å². The topological polar surface area (TPSA) is 75.4 Å². The first kappa shape index (κ1) is 13.6. The fraction of sp³-hybridized carbons (Fsp3) is 0.700. The van der Waals surface area contributed by atoms with Crippen LogP contribution in [-0.4, -0.2) is 58.9 Å². The molecule has 1 aliphatic heterocycles. The number of nitrogens with zero attached hydrogens (tertiary/aromatic N) is 3. The molecule has 0 amide bonds. The Hall–Kier alpha value is -0.855. The Bertz CT molecular complexity index is 514. The van der Waals surface area contributed by atoms with Crippen molar-refractivity contribution in [3.63, 3.8) is 0 Å². The first-order valence-corrected chi connectivity index (χ1v) is 7.72. The Balaban J connectivity index is 2.12. The first-order chi connectivity index (χ1) is 8.38. The van der Waals surface area contributed by atoms with Gasteiger partial charge >= 0.3 is 7.05 Å². The van der Waals surface area contributed by atoms with Crippen LogP contribution in [0.5, 0.6) is 0 Å². The van der Waals surface area contributed by atoms with Gasteiger partial charge in [-0.05, 0) is 13.7 Å². The third-order valence-electron chi connectivity index (χ3n) is 3.31. The van der Waals surface area contributed by atoms with E-state index in [0.717, 1.165) is 5.69 Å². The van der Waals surface area contributed by atoms with E-state index < -0.39 is 22.1 Å². The smallest absolute Gasteiger partial charge is 0.376 e. The molecule has 0 radical (unpaired) electrons. The van der Waals surface area contributed by atoms with E-state index in [-0.39, 0.29) is 5.75 Å². The fourth-order valence-corrected chi connectivity index (χ4v) is 3.84. The average molecular weight is 271 g/mol. The van der Waals surface area contributed by atoms with Gasteiger partial charge in [-0.3, -0.25) is 0 Å². The molecule has 2 heterocycles. The number of hydrogen-bond acceptors (Lipinski definition) is 5. The molecule has 0 saturated carbocycles. The standard InChI is InChI=1S/C10H18BN3O3S/c1-9-5-13(8-12-9)6-10-7-14(11(2)15)3-4-18(10,16)17/h5,8,10,15H,3-4,6-7H2,1-2H3/t10-/m0/s1. The summed E-state index contributed by atoms with van der Waals surface area (Å²) in [5, 5.41) is 9.07. The van der Waals surface area contributed by atoms with Crippen molar-refractivity contribution in [3.05, 3.63) is 18.2 Å². The molecule has 0 spiro atoms. The van der Waals surface area contributed by atoms with E-state index in [2.05, 4.69) is 4.98 Å². The molecule has 0 bridgehead atoms. The Kier molecular flexibility index (Phi) is 3.79.